The van der Waals surface area contributed by atoms with Gasteiger partial charge in [0, 0.05) is 43.8 Å². The van der Waals surface area contributed by atoms with Crippen molar-refractivity contribution in [1.82, 2.24) is 9.47 Å². The molecular weight excluding hydrogens is 407 g/mol. The lowest BCUT2D eigenvalue weighted by Crippen LogP contribution is -2.50. The first-order valence-electron chi connectivity index (χ1n) is 11.1. The SMILES string of the molecule is Cc1cc(C(=O)N2CCC3(CC2)Oc2cc(F)ccc2-n2cccc23)ccc1OC(C)C. The van der Waals surface area contributed by atoms with Gasteiger partial charge in [-0.3, -0.25) is 4.79 Å². The molecule has 0 aliphatic carbocycles. The number of aromatic nitrogens is 1. The Bertz CT molecular complexity index is 1180. The molecule has 166 valence electrons. The Morgan fingerprint density at radius 3 is 2.62 bits per heavy atom. The summed E-state index contributed by atoms with van der Waals surface area (Å²) in [5.41, 5.74) is 2.94. The zero-order chi connectivity index (χ0) is 22.5. The van der Waals surface area contributed by atoms with Crippen molar-refractivity contribution >= 4 is 5.91 Å². The van der Waals surface area contributed by atoms with Gasteiger partial charge in [-0.1, -0.05) is 0 Å². The van der Waals surface area contributed by atoms with Crippen LogP contribution in [0.2, 0.25) is 0 Å². The van der Waals surface area contributed by atoms with Crippen molar-refractivity contribution in [1.29, 1.82) is 0 Å². The maximum absolute atomic E-state index is 13.9. The molecule has 5 nitrogen and oxygen atoms in total. The van der Waals surface area contributed by atoms with E-state index in [4.69, 9.17) is 9.47 Å². The standard InChI is InChI=1S/C26H27FN2O3/c1-17(2)31-22-9-6-19(15-18(22)3)25(30)28-13-10-26(11-14-28)24-5-4-12-29(24)21-8-7-20(27)16-23(21)32-26/h4-9,12,15-17H,10-11,13-14H2,1-3H3. The first-order valence-corrected chi connectivity index (χ1v) is 11.1. The number of nitrogens with zero attached hydrogens (tertiary/aromatic N) is 2. The summed E-state index contributed by atoms with van der Waals surface area (Å²) < 4.78 is 28.2. The Kier molecular flexibility index (Phi) is 4.96. The molecule has 2 aliphatic rings. The molecule has 0 unspecified atom stereocenters. The molecule has 3 heterocycles. The van der Waals surface area contributed by atoms with Gasteiger partial charge in [0.2, 0.25) is 0 Å². The lowest BCUT2D eigenvalue weighted by atomic mass is 9.86. The Balaban J connectivity index is 1.35. The van der Waals surface area contributed by atoms with Crippen molar-refractivity contribution in [3.8, 4) is 17.2 Å². The molecule has 6 heteroatoms. The van der Waals surface area contributed by atoms with Crippen molar-refractivity contribution in [2.75, 3.05) is 13.1 Å². The van der Waals surface area contributed by atoms with E-state index in [0.717, 1.165) is 22.7 Å². The molecule has 1 spiro atoms. The molecule has 2 aromatic carbocycles. The van der Waals surface area contributed by atoms with Gasteiger partial charge in [-0.05, 0) is 68.8 Å². The number of carbonyl (C=O) groups excluding carboxylic acids is 1. The largest absolute Gasteiger partial charge is 0.491 e. The van der Waals surface area contributed by atoms with Crippen molar-refractivity contribution in [2.24, 2.45) is 0 Å². The number of hydrogen-bond donors (Lipinski definition) is 0. The lowest BCUT2D eigenvalue weighted by molar-refractivity contribution is -0.00950. The molecule has 5 rings (SSSR count). The van der Waals surface area contributed by atoms with E-state index in [-0.39, 0.29) is 17.8 Å². The number of likely N-dealkylation sites (tertiary alicyclic amines) is 1. The van der Waals surface area contributed by atoms with Gasteiger partial charge in [0.1, 0.15) is 17.3 Å². The molecule has 0 radical (unpaired) electrons. The van der Waals surface area contributed by atoms with Crippen LogP contribution >= 0.6 is 0 Å². The lowest BCUT2D eigenvalue weighted by Gasteiger charge is -2.45. The summed E-state index contributed by atoms with van der Waals surface area (Å²) in [5.74, 6) is 1.04. The van der Waals surface area contributed by atoms with Crippen LogP contribution in [0, 0.1) is 12.7 Å². The van der Waals surface area contributed by atoms with Crippen molar-refractivity contribution < 1.29 is 18.7 Å². The minimum Gasteiger partial charge on any atom is -0.491 e. The molecule has 3 aromatic rings. The molecule has 1 amide bonds. The van der Waals surface area contributed by atoms with Crippen molar-refractivity contribution in [3.05, 3.63) is 77.4 Å². The molecule has 1 saturated heterocycles. The number of piperidine rings is 1. The van der Waals surface area contributed by atoms with E-state index < -0.39 is 5.60 Å². The van der Waals surface area contributed by atoms with Crippen LogP contribution in [0.25, 0.3) is 5.69 Å². The quantitative estimate of drug-likeness (QED) is 0.567. The van der Waals surface area contributed by atoms with Gasteiger partial charge in [0.25, 0.3) is 5.91 Å². The summed E-state index contributed by atoms with van der Waals surface area (Å²) in [5, 5.41) is 0. The topological polar surface area (TPSA) is 43.7 Å². The Morgan fingerprint density at radius 2 is 1.91 bits per heavy atom. The Hall–Kier alpha value is -3.28. The van der Waals surface area contributed by atoms with E-state index in [0.29, 0.717) is 37.2 Å². The second kappa shape index (κ2) is 7.69. The van der Waals surface area contributed by atoms with E-state index in [9.17, 15) is 9.18 Å². The molecule has 0 atom stereocenters. The summed E-state index contributed by atoms with van der Waals surface area (Å²) in [4.78, 5) is 15.1. The van der Waals surface area contributed by atoms with E-state index in [1.807, 2.05) is 56.1 Å². The van der Waals surface area contributed by atoms with Gasteiger partial charge in [-0.25, -0.2) is 4.39 Å². The number of carbonyl (C=O) groups is 1. The number of aryl methyl sites for hydroxylation is 1. The van der Waals surface area contributed by atoms with Gasteiger partial charge >= 0.3 is 0 Å². The van der Waals surface area contributed by atoms with Gasteiger partial charge in [-0.2, -0.15) is 0 Å². The second-order valence-corrected chi connectivity index (χ2v) is 8.91. The van der Waals surface area contributed by atoms with Gasteiger partial charge in [0.15, 0.2) is 5.60 Å². The van der Waals surface area contributed by atoms with Gasteiger partial charge < -0.3 is 18.9 Å². The number of halogens is 1. The van der Waals surface area contributed by atoms with Crippen LogP contribution in [0.4, 0.5) is 4.39 Å². The summed E-state index contributed by atoms with van der Waals surface area (Å²) in [7, 11) is 0. The highest BCUT2D eigenvalue weighted by atomic mass is 19.1. The fourth-order valence-electron chi connectivity index (χ4n) is 4.77. The molecule has 0 bridgehead atoms. The monoisotopic (exact) mass is 434 g/mol. The smallest absolute Gasteiger partial charge is 0.253 e. The molecule has 1 aromatic heterocycles. The molecular formula is C26H27FN2O3. The fourth-order valence-corrected chi connectivity index (χ4v) is 4.77. The third-order valence-corrected chi connectivity index (χ3v) is 6.35. The maximum atomic E-state index is 13.9. The van der Waals surface area contributed by atoms with Crippen LogP contribution in [0.5, 0.6) is 11.5 Å². The van der Waals surface area contributed by atoms with Crippen LogP contribution < -0.4 is 9.47 Å². The van der Waals surface area contributed by atoms with Gasteiger partial charge in [0.05, 0.1) is 17.5 Å². The minimum absolute atomic E-state index is 0.0108. The van der Waals surface area contributed by atoms with Crippen LogP contribution in [-0.4, -0.2) is 34.6 Å². The minimum atomic E-state index is -0.564. The predicted molar refractivity (Wildman–Crippen MR) is 120 cm³/mol. The molecule has 32 heavy (non-hydrogen) atoms. The van der Waals surface area contributed by atoms with Crippen LogP contribution in [0.3, 0.4) is 0 Å². The Labute approximate surface area is 187 Å². The fraction of sp³-hybridized carbons (Fsp3) is 0.346. The maximum Gasteiger partial charge on any atom is 0.253 e. The average molecular weight is 435 g/mol. The third kappa shape index (κ3) is 3.44. The molecule has 0 N–H and O–H groups in total. The first kappa shape index (κ1) is 20.6. The highest BCUT2D eigenvalue weighted by Gasteiger charge is 2.44. The van der Waals surface area contributed by atoms with Crippen LogP contribution in [0.15, 0.2) is 54.7 Å². The highest BCUT2D eigenvalue weighted by molar-refractivity contribution is 5.94. The van der Waals surface area contributed by atoms with E-state index in [2.05, 4.69) is 10.6 Å². The second-order valence-electron chi connectivity index (χ2n) is 8.91. The van der Waals surface area contributed by atoms with Crippen molar-refractivity contribution in [2.45, 2.75) is 45.3 Å². The van der Waals surface area contributed by atoms with Gasteiger partial charge in [-0.15, -0.1) is 0 Å². The average Bonchev–Trinajstić information content (AvgIpc) is 3.26. The van der Waals surface area contributed by atoms with Crippen LogP contribution in [-0.2, 0) is 5.60 Å². The summed E-state index contributed by atoms with van der Waals surface area (Å²) in [6.07, 6.45) is 3.36. The van der Waals surface area contributed by atoms with E-state index >= 15 is 0 Å². The van der Waals surface area contributed by atoms with E-state index in [1.165, 1.54) is 12.1 Å². The number of ether oxygens (including phenoxy) is 2. The number of benzene rings is 2. The summed E-state index contributed by atoms with van der Waals surface area (Å²) in [6.45, 7) is 7.06. The summed E-state index contributed by atoms with van der Waals surface area (Å²) >= 11 is 0. The Morgan fingerprint density at radius 1 is 1.12 bits per heavy atom. The zero-order valence-corrected chi connectivity index (χ0v) is 18.6. The first-order chi connectivity index (χ1) is 15.4. The molecule has 2 aliphatic heterocycles. The third-order valence-electron chi connectivity index (χ3n) is 6.35. The number of rotatable bonds is 3. The van der Waals surface area contributed by atoms with E-state index in [1.54, 1.807) is 6.07 Å². The normalized spacial score (nSPS) is 16.5. The number of amides is 1. The van der Waals surface area contributed by atoms with Crippen LogP contribution in [0.1, 0.15) is 48.3 Å². The number of fused-ring (bicyclic) bond motifs is 4. The number of hydrogen-bond acceptors (Lipinski definition) is 3. The summed E-state index contributed by atoms with van der Waals surface area (Å²) in [6, 6.07) is 14.3. The van der Waals surface area contributed by atoms with Crippen molar-refractivity contribution in [3.63, 3.8) is 0 Å². The zero-order valence-electron chi connectivity index (χ0n) is 18.6. The highest BCUT2D eigenvalue weighted by Crippen LogP contribution is 2.45. The molecule has 1 fully saturated rings. The predicted octanol–water partition coefficient (Wildman–Crippen LogP) is 5.24. The molecule has 0 saturated carbocycles.